The lowest BCUT2D eigenvalue weighted by Gasteiger charge is -2.33. The number of sulfonamides is 1. The minimum absolute atomic E-state index is 0.182. The Hall–Kier alpha value is -2.54. The number of carbonyl (C=O) groups excluding carboxylic acids is 1. The van der Waals surface area contributed by atoms with Crippen LogP contribution < -0.4 is 14.9 Å². The average Bonchev–Trinajstić information content (AvgIpc) is 2.72. The van der Waals surface area contributed by atoms with Crippen LogP contribution in [-0.2, 0) is 10.0 Å². The zero-order chi connectivity index (χ0) is 22.6. The van der Waals surface area contributed by atoms with Crippen LogP contribution in [0, 0.1) is 18.8 Å². The zero-order valence-electron chi connectivity index (χ0n) is 18.8. The number of nitrogens with one attached hydrogen (secondary N) is 2. The third kappa shape index (κ3) is 6.00. The maximum Gasteiger partial charge on any atom is 0.261 e. The molecule has 1 aliphatic rings. The smallest absolute Gasteiger partial charge is 0.261 e. The van der Waals surface area contributed by atoms with E-state index >= 15 is 0 Å². The molecule has 0 spiro atoms. The van der Waals surface area contributed by atoms with Crippen molar-refractivity contribution in [2.45, 2.75) is 45.4 Å². The fourth-order valence-corrected chi connectivity index (χ4v) is 4.68. The number of amides is 1. The van der Waals surface area contributed by atoms with E-state index < -0.39 is 10.0 Å². The summed E-state index contributed by atoms with van der Waals surface area (Å²) in [6.07, 6.45) is 2.16. The summed E-state index contributed by atoms with van der Waals surface area (Å²) in [7, 11) is -3.74. The molecule has 0 bridgehead atoms. The fraction of sp³-hybridized carbons (Fsp3) is 0.458. The van der Waals surface area contributed by atoms with Gasteiger partial charge in [-0.25, -0.2) is 8.42 Å². The first-order valence-electron chi connectivity index (χ1n) is 10.9. The van der Waals surface area contributed by atoms with Crippen molar-refractivity contribution < 1.29 is 13.2 Å². The lowest BCUT2D eigenvalue weighted by Crippen LogP contribution is -2.35. The normalized spacial score (nSPS) is 15.2. The van der Waals surface area contributed by atoms with E-state index in [1.54, 1.807) is 36.4 Å². The van der Waals surface area contributed by atoms with Gasteiger partial charge in [-0.3, -0.25) is 9.52 Å². The Morgan fingerprint density at radius 3 is 2.35 bits per heavy atom. The summed E-state index contributed by atoms with van der Waals surface area (Å²) >= 11 is 0. The molecule has 2 aromatic carbocycles. The number of rotatable bonds is 7. The number of aryl methyl sites for hydroxylation is 1. The van der Waals surface area contributed by atoms with Crippen LogP contribution in [0.25, 0.3) is 0 Å². The molecule has 1 heterocycles. The molecule has 1 aliphatic heterocycles. The monoisotopic (exact) mass is 443 g/mol. The predicted octanol–water partition coefficient (Wildman–Crippen LogP) is 4.42. The summed E-state index contributed by atoms with van der Waals surface area (Å²) in [4.78, 5) is 15.4. The Labute approximate surface area is 186 Å². The molecule has 1 saturated heterocycles. The van der Waals surface area contributed by atoms with Crippen molar-refractivity contribution in [2.75, 3.05) is 29.3 Å². The number of benzene rings is 2. The van der Waals surface area contributed by atoms with Crippen LogP contribution in [0.2, 0.25) is 0 Å². The van der Waals surface area contributed by atoms with E-state index in [0.717, 1.165) is 37.2 Å². The van der Waals surface area contributed by atoms with E-state index in [1.807, 2.05) is 26.8 Å². The lowest BCUT2D eigenvalue weighted by atomic mass is 9.98. The van der Waals surface area contributed by atoms with Gasteiger partial charge in [0.25, 0.3) is 15.9 Å². The molecule has 168 valence electrons. The zero-order valence-corrected chi connectivity index (χ0v) is 19.6. The second kappa shape index (κ2) is 9.73. The highest BCUT2D eigenvalue weighted by atomic mass is 32.2. The maximum absolute atomic E-state index is 13.0. The molecule has 7 heteroatoms. The highest BCUT2D eigenvalue weighted by molar-refractivity contribution is 7.92. The molecule has 1 amide bonds. The van der Waals surface area contributed by atoms with Gasteiger partial charge < -0.3 is 10.2 Å². The molecule has 31 heavy (non-hydrogen) atoms. The highest BCUT2D eigenvalue weighted by Crippen LogP contribution is 2.29. The van der Waals surface area contributed by atoms with Crippen LogP contribution in [0.1, 0.15) is 49.5 Å². The summed E-state index contributed by atoms with van der Waals surface area (Å²) in [6.45, 7) is 10.6. The van der Waals surface area contributed by atoms with Gasteiger partial charge in [0.05, 0.1) is 10.5 Å². The molecular formula is C24H33N3O3S. The topological polar surface area (TPSA) is 78.5 Å². The molecule has 6 nitrogen and oxygen atoms in total. The predicted molar refractivity (Wildman–Crippen MR) is 126 cm³/mol. The Morgan fingerprint density at radius 1 is 1.10 bits per heavy atom. The molecule has 2 aromatic rings. The summed E-state index contributed by atoms with van der Waals surface area (Å²) in [5.41, 5.74) is 2.72. The van der Waals surface area contributed by atoms with E-state index in [0.29, 0.717) is 29.6 Å². The third-order valence-electron chi connectivity index (χ3n) is 5.62. The minimum Gasteiger partial charge on any atom is -0.371 e. The molecule has 3 rings (SSSR count). The molecule has 0 radical (unpaired) electrons. The maximum atomic E-state index is 13.0. The van der Waals surface area contributed by atoms with Gasteiger partial charge in [0.1, 0.15) is 0 Å². The fourth-order valence-electron chi connectivity index (χ4n) is 3.63. The molecule has 0 atom stereocenters. The lowest BCUT2D eigenvalue weighted by molar-refractivity contribution is 0.0949. The van der Waals surface area contributed by atoms with Crippen LogP contribution in [0.5, 0.6) is 0 Å². The first-order valence-corrected chi connectivity index (χ1v) is 12.4. The van der Waals surface area contributed by atoms with Crippen LogP contribution in [0.3, 0.4) is 0 Å². The van der Waals surface area contributed by atoms with Gasteiger partial charge in [-0.15, -0.1) is 0 Å². The first kappa shape index (κ1) is 23.1. The SMILES string of the molecule is Cc1ccc(S(=O)(=O)Nc2ccc(N3CCC(C)CC3)c(C(=O)NCC(C)C)c2)cc1. The summed E-state index contributed by atoms with van der Waals surface area (Å²) in [5, 5.41) is 2.97. The number of piperidine rings is 1. The Bertz CT molecular complexity index is 1010. The van der Waals surface area contributed by atoms with E-state index in [4.69, 9.17) is 0 Å². The van der Waals surface area contributed by atoms with Gasteiger partial charge in [-0.05, 0) is 61.9 Å². The molecule has 0 aromatic heterocycles. The molecule has 0 saturated carbocycles. The summed E-state index contributed by atoms with van der Waals surface area (Å²) < 4.78 is 28.2. The Balaban J connectivity index is 1.90. The highest BCUT2D eigenvalue weighted by Gasteiger charge is 2.23. The van der Waals surface area contributed by atoms with Crippen LogP contribution in [-0.4, -0.2) is 34.0 Å². The molecular weight excluding hydrogens is 410 g/mol. The largest absolute Gasteiger partial charge is 0.371 e. The van der Waals surface area contributed by atoms with E-state index in [1.165, 1.54) is 0 Å². The van der Waals surface area contributed by atoms with E-state index in [-0.39, 0.29) is 10.8 Å². The molecule has 0 unspecified atom stereocenters. The van der Waals surface area contributed by atoms with Crippen LogP contribution in [0.4, 0.5) is 11.4 Å². The van der Waals surface area contributed by atoms with Crippen molar-refractivity contribution in [3.05, 3.63) is 53.6 Å². The number of hydrogen-bond donors (Lipinski definition) is 2. The van der Waals surface area contributed by atoms with Crippen molar-refractivity contribution in [1.29, 1.82) is 0 Å². The Kier molecular flexibility index (Phi) is 7.26. The average molecular weight is 444 g/mol. The van der Waals surface area contributed by atoms with E-state index in [2.05, 4.69) is 21.9 Å². The standard InChI is InChI=1S/C24H33N3O3S/c1-17(2)16-25-24(28)22-15-20(7-10-23(22)27-13-11-19(4)12-14-27)26-31(29,30)21-8-5-18(3)6-9-21/h5-10,15,17,19,26H,11-14,16H2,1-4H3,(H,25,28). The Morgan fingerprint density at radius 2 is 1.74 bits per heavy atom. The molecule has 1 fully saturated rings. The van der Waals surface area contributed by atoms with Crippen molar-refractivity contribution in [2.24, 2.45) is 11.8 Å². The minimum atomic E-state index is -3.74. The second-order valence-electron chi connectivity index (χ2n) is 8.92. The second-order valence-corrected chi connectivity index (χ2v) is 10.6. The van der Waals surface area contributed by atoms with Gasteiger partial charge in [0.15, 0.2) is 0 Å². The van der Waals surface area contributed by atoms with Crippen molar-refractivity contribution in [3.8, 4) is 0 Å². The first-order chi connectivity index (χ1) is 14.7. The number of anilines is 2. The van der Waals surface area contributed by atoms with Crippen molar-refractivity contribution in [3.63, 3.8) is 0 Å². The van der Waals surface area contributed by atoms with Gasteiger partial charge in [0.2, 0.25) is 0 Å². The van der Waals surface area contributed by atoms with Gasteiger partial charge >= 0.3 is 0 Å². The van der Waals surface area contributed by atoms with Gasteiger partial charge in [0, 0.05) is 31.0 Å². The van der Waals surface area contributed by atoms with Crippen LogP contribution in [0.15, 0.2) is 47.4 Å². The van der Waals surface area contributed by atoms with E-state index in [9.17, 15) is 13.2 Å². The van der Waals surface area contributed by atoms with Crippen molar-refractivity contribution in [1.82, 2.24) is 5.32 Å². The number of carbonyl (C=O) groups is 1. The third-order valence-corrected chi connectivity index (χ3v) is 7.02. The summed E-state index contributed by atoms with van der Waals surface area (Å²) in [5.74, 6) is 0.820. The van der Waals surface area contributed by atoms with Gasteiger partial charge in [-0.1, -0.05) is 38.5 Å². The molecule has 2 N–H and O–H groups in total. The van der Waals surface area contributed by atoms with Gasteiger partial charge in [-0.2, -0.15) is 0 Å². The molecule has 0 aliphatic carbocycles. The number of hydrogen-bond acceptors (Lipinski definition) is 4. The number of nitrogens with zero attached hydrogens (tertiary/aromatic N) is 1. The van der Waals surface area contributed by atoms with Crippen LogP contribution >= 0.6 is 0 Å². The summed E-state index contributed by atoms with van der Waals surface area (Å²) in [6, 6.07) is 11.9. The quantitative estimate of drug-likeness (QED) is 0.664. The van der Waals surface area contributed by atoms with Crippen molar-refractivity contribution >= 4 is 27.3 Å².